The fraction of sp³-hybridized carbons (Fsp3) is 0.692. The van der Waals surface area contributed by atoms with E-state index in [-0.39, 0.29) is 24.9 Å². The van der Waals surface area contributed by atoms with Gasteiger partial charge in [-0.3, -0.25) is 9.59 Å². The number of aliphatic hydroxyl groups is 2. The highest BCUT2D eigenvalue weighted by atomic mass is 16.5. The molecule has 0 radical (unpaired) electrons. The van der Waals surface area contributed by atoms with E-state index in [1.54, 1.807) is 0 Å². The molecule has 0 bridgehead atoms. The zero-order valence-electron chi connectivity index (χ0n) is 37.6. The Kier molecular flexibility index (Phi) is 42.8. The van der Waals surface area contributed by atoms with E-state index in [0.717, 1.165) is 51.4 Å². The molecule has 3 N–H and O–H groups in total. The zero-order chi connectivity index (χ0) is 42.4. The van der Waals surface area contributed by atoms with Gasteiger partial charge in [0.1, 0.15) is 6.10 Å². The number of aliphatic hydroxyl groups excluding tert-OH is 2. The van der Waals surface area contributed by atoms with Gasteiger partial charge in [-0.15, -0.1) is 0 Å². The van der Waals surface area contributed by atoms with Crippen LogP contribution in [0.3, 0.4) is 0 Å². The molecule has 0 saturated heterocycles. The minimum atomic E-state index is -0.819. The van der Waals surface area contributed by atoms with Crippen LogP contribution in [-0.2, 0) is 14.3 Å². The molecule has 0 spiro atoms. The highest BCUT2D eigenvalue weighted by molar-refractivity contribution is 5.77. The molecule has 3 atom stereocenters. The highest BCUT2D eigenvalue weighted by Gasteiger charge is 2.23. The van der Waals surface area contributed by atoms with Crippen LogP contribution >= 0.6 is 0 Å². The van der Waals surface area contributed by atoms with Gasteiger partial charge in [-0.05, 0) is 51.4 Å². The fourth-order valence-electron chi connectivity index (χ4n) is 6.72. The predicted octanol–water partition coefficient (Wildman–Crippen LogP) is 14.0. The van der Waals surface area contributed by atoms with Gasteiger partial charge in [0.15, 0.2) is 0 Å². The van der Waals surface area contributed by atoms with Crippen molar-refractivity contribution in [3.63, 3.8) is 0 Å². The first-order valence-corrected chi connectivity index (χ1v) is 23.9. The normalized spacial score (nSPS) is 14.1. The Morgan fingerprint density at radius 2 is 1.02 bits per heavy atom. The molecule has 332 valence electrons. The summed E-state index contributed by atoms with van der Waals surface area (Å²) in [6.45, 7) is 6.24. The number of carbonyl (C=O) groups excluding carboxylic acids is 2. The third-order valence-electron chi connectivity index (χ3n) is 10.3. The maximum atomic E-state index is 13.1. The first-order chi connectivity index (χ1) is 28.5. The number of carbonyl (C=O) groups is 2. The quantitative estimate of drug-likeness (QED) is 0.0247. The minimum Gasteiger partial charge on any atom is -0.461 e. The van der Waals surface area contributed by atoms with E-state index in [4.69, 9.17) is 4.74 Å². The maximum absolute atomic E-state index is 13.1. The van der Waals surface area contributed by atoms with Crippen LogP contribution in [0, 0.1) is 0 Å². The Morgan fingerprint density at radius 1 is 0.552 bits per heavy atom. The predicted molar refractivity (Wildman–Crippen MR) is 250 cm³/mol. The Hall–Kier alpha value is -2.96. The van der Waals surface area contributed by atoms with Gasteiger partial charge in [-0.25, -0.2) is 0 Å². The van der Waals surface area contributed by atoms with Crippen molar-refractivity contribution in [1.29, 1.82) is 0 Å². The molecule has 0 aliphatic rings. The highest BCUT2D eigenvalue weighted by Crippen LogP contribution is 2.16. The molecule has 0 aromatic carbocycles. The fourth-order valence-corrected chi connectivity index (χ4v) is 6.72. The summed E-state index contributed by atoms with van der Waals surface area (Å²) in [5.74, 6) is -0.620. The summed E-state index contributed by atoms with van der Waals surface area (Å²) in [5, 5.41) is 23.5. The Balaban J connectivity index is 4.63. The minimum absolute atomic E-state index is 0.0240. The van der Waals surface area contributed by atoms with Crippen molar-refractivity contribution in [2.45, 2.75) is 225 Å². The molecule has 6 heteroatoms. The lowest BCUT2D eigenvalue weighted by molar-refractivity contribution is -0.150. The number of allylic oxidation sites excluding steroid dienone is 13. The lowest BCUT2D eigenvalue weighted by Crippen LogP contribution is -2.46. The topological polar surface area (TPSA) is 95.9 Å². The average molecular weight is 808 g/mol. The standard InChI is InChI=1S/C52H89NO5/c1-4-7-10-13-16-19-21-22-23-24-25-26-27-28-30-33-36-39-42-45-52(57)58-48(43-40-37-34-32-29-20-17-14-11-8-5-2)46-51(56)53-49(47-54)50(55)44-41-38-35-31-18-15-12-9-6-3/h8,11,14,16-17,19-20,22-23,29,32,34,37,40,48-50,54-55H,4-7,9-10,12-13,15,18,21,24-28,30-31,33,35-36,38-39,41-47H2,1-3H3,(H,53,56)/b11-8+,17-14+,19-16-,23-22-,29-20-,34-32-,40-37+. The molecular weight excluding hydrogens is 719 g/mol. The molecule has 1 amide bonds. The second-order valence-electron chi connectivity index (χ2n) is 15.9. The summed E-state index contributed by atoms with van der Waals surface area (Å²) in [5.41, 5.74) is 0. The van der Waals surface area contributed by atoms with Crippen molar-refractivity contribution in [3.05, 3.63) is 85.1 Å². The monoisotopic (exact) mass is 808 g/mol. The summed E-state index contributed by atoms with van der Waals surface area (Å²) in [6.07, 6.45) is 58.2. The molecule has 0 saturated carbocycles. The van der Waals surface area contributed by atoms with Crippen molar-refractivity contribution in [3.8, 4) is 0 Å². The number of ether oxygens (including phenoxy) is 1. The molecule has 0 aliphatic heterocycles. The van der Waals surface area contributed by atoms with Crippen molar-refractivity contribution >= 4 is 11.9 Å². The summed E-state index contributed by atoms with van der Waals surface area (Å²) in [4.78, 5) is 26.0. The molecule has 3 unspecified atom stereocenters. The van der Waals surface area contributed by atoms with Gasteiger partial charge in [0.2, 0.25) is 5.91 Å². The van der Waals surface area contributed by atoms with E-state index in [2.05, 4.69) is 56.5 Å². The van der Waals surface area contributed by atoms with E-state index in [1.807, 2.05) is 54.7 Å². The van der Waals surface area contributed by atoms with Crippen LogP contribution < -0.4 is 5.32 Å². The molecule has 0 rings (SSSR count). The van der Waals surface area contributed by atoms with Crippen LogP contribution in [0.2, 0.25) is 0 Å². The number of rotatable bonds is 41. The summed E-state index contributed by atoms with van der Waals surface area (Å²) < 4.78 is 5.82. The third kappa shape index (κ3) is 39.8. The van der Waals surface area contributed by atoms with E-state index >= 15 is 0 Å². The van der Waals surface area contributed by atoms with E-state index in [9.17, 15) is 19.8 Å². The van der Waals surface area contributed by atoms with Gasteiger partial charge in [0, 0.05) is 12.8 Å². The van der Waals surface area contributed by atoms with Crippen molar-refractivity contribution in [1.82, 2.24) is 5.32 Å². The van der Waals surface area contributed by atoms with Crippen LogP contribution in [0.5, 0.6) is 0 Å². The number of hydrogen-bond donors (Lipinski definition) is 3. The van der Waals surface area contributed by atoms with Crippen LogP contribution in [0.4, 0.5) is 0 Å². The smallest absolute Gasteiger partial charge is 0.306 e. The van der Waals surface area contributed by atoms with Crippen LogP contribution in [0.15, 0.2) is 85.1 Å². The van der Waals surface area contributed by atoms with Gasteiger partial charge in [-0.2, -0.15) is 0 Å². The Bertz CT molecular complexity index is 1130. The van der Waals surface area contributed by atoms with E-state index in [1.165, 1.54) is 109 Å². The lowest BCUT2D eigenvalue weighted by Gasteiger charge is -2.24. The number of unbranched alkanes of at least 4 members (excludes halogenated alkanes) is 20. The molecule has 0 aliphatic carbocycles. The zero-order valence-corrected chi connectivity index (χ0v) is 37.6. The largest absolute Gasteiger partial charge is 0.461 e. The molecule has 0 aromatic rings. The summed E-state index contributed by atoms with van der Waals surface area (Å²) in [7, 11) is 0. The van der Waals surface area contributed by atoms with Crippen molar-refractivity contribution in [2.75, 3.05) is 6.61 Å². The van der Waals surface area contributed by atoms with E-state index in [0.29, 0.717) is 19.3 Å². The van der Waals surface area contributed by atoms with Gasteiger partial charge < -0.3 is 20.3 Å². The van der Waals surface area contributed by atoms with Gasteiger partial charge in [0.25, 0.3) is 0 Å². The van der Waals surface area contributed by atoms with Crippen molar-refractivity contribution < 1.29 is 24.5 Å². The van der Waals surface area contributed by atoms with Crippen LogP contribution in [-0.4, -0.2) is 46.9 Å². The number of esters is 1. The van der Waals surface area contributed by atoms with Gasteiger partial charge in [-0.1, -0.05) is 221 Å². The average Bonchev–Trinajstić information content (AvgIpc) is 3.22. The molecule has 58 heavy (non-hydrogen) atoms. The first-order valence-electron chi connectivity index (χ1n) is 23.9. The van der Waals surface area contributed by atoms with Crippen LogP contribution in [0.1, 0.15) is 207 Å². The second-order valence-corrected chi connectivity index (χ2v) is 15.9. The van der Waals surface area contributed by atoms with Gasteiger partial charge in [0.05, 0.1) is 25.2 Å². The van der Waals surface area contributed by atoms with Crippen molar-refractivity contribution in [2.24, 2.45) is 0 Å². The lowest BCUT2D eigenvalue weighted by atomic mass is 10.0. The SMILES string of the molecule is CC/C=C/C=C/C=C\C=C/C=C/CC(CC(=O)NC(CO)C(O)CCCCCCCCCCC)OC(=O)CCCCCCCCCCC/C=C\C/C=C\CCCCC. The molecule has 6 nitrogen and oxygen atoms in total. The number of nitrogens with one attached hydrogen (secondary N) is 1. The summed E-state index contributed by atoms with van der Waals surface area (Å²) in [6, 6.07) is -0.741. The molecule has 0 heterocycles. The molecule has 0 fully saturated rings. The molecular formula is C52H89NO5. The van der Waals surface area contributed by atoms with E-state index < -0.39 is 18.2 Å². The van der Waals surface area contributed by atoms with Gasteiger partial charge >= 0.3 is 5.97 Å². The molecule has 0 aromatic heterocycles. The Labute approximate surface area is 357 Å². The Morgan fingerprint density at radius 3 is 1.57 bits per heavy atom. The second kappa shape index (κ2) is 45.1. The third-order valence-corrected chi connectivity index (χ3v) is 10.3. The summed E-state index contributed by atoms with van der Waals surface area (Å²) >= 11 is 0. The number of hydrogen-bond acceptors (Lipinski definition) is 5. The van der Waals surface area contributed by atoms with Crippen LogP contribution in [0.25, 0.3) is 0 Å². The first kappa shape index (κ1) is 55.0. The maximum Gasteiger partial charge on any atom is 0.306 e. The number of amides is 1.